The zero-order valence-electron chi connectivity index (χ0n) is 9.10. The molecule has 0 aromatic carbocycles. The first kappa shape index (κ1) is 8.70. The predicted octanol–water partition coefficient (Wildman–Crippen LogP) is 3.10. The zero-order valence-corrected chi connectivity index (χ0v) is 9.10. The summed E-state index contributed by atoms with van der Waals surface area (Å²) in [5.74, 6) is 1.47. The Hall–Kier alpha value is -0.590. The van der Waals surface area contributed by atoms with Gasteiger partial charge in [0.2, 0.25) is 0 Å². The average molecular weight is 190 g/mol. The number of Topliss-reactive ketones (excluding diaryl/α,β-unsaturated/α-hetero) is 1. The molecule has 0 bridgehead atoms. The van der Waals surface area contributed by atoms with Gasteiger partial charge < -0.3 is 0 Å². The second-order valence-corrected chi connectivity index (χ2v) is 5.53. The topological polar surface area (TPSA) is 17.1 Å². The Morgan fingerprint density at radius 2 is 2.14 bits per heavy atom. The SMILES string of the molecule is CC1C(=O)C2=C(CCC2)[C@@]2(C)CC[C@@H]12. The van der Waals surface area contributed by atoms with E-state index in [1.807, 2.05) is 0 Å². The van der Waals surface area contributed by atoms with Gasteiger partial charge in [-0.25, -0.2) is 0 Å². The van der Waals surface area contributed by atoms with Gasteiger partial charge in [0.05, 0.1) is 0 Å². The Labute approximate surface area is 85.6 Å². The molecule has 3 aliphatic rings. The van der Waals surface area contributed by atoms with Crippen LogP contribution < -0.4 is 0 Å². The monoisotopic (exact) mass is 190 g/mol. The molecule has 1 heteroatoms. The van der Waals surface area contributed by atoms with Crippen molar-refractivity contribution in [3.8, 4) is 0 Å². The minimum atomic E-state index is 0.311. The number of allylic oxidation sites excluding steroid dienone is 2. The molecule has 14 heavy (non-hydrogen) atoms. The van der Waals surface area contributed by atoms with E-state index in [1.54, 1.807) is 5.57 Å². The van der Waals surface area contributed by atoms with E-state index in [1.165, 1.54) is 31.3 Å². The maximum atomic E-state index is 12.1. The first-order valence-electron chi connectivity index (χ1n) is 5.91. The van der Waals surface area contributed by atoms with Crippen LogP contribution in [0.25, 0.3) is 0 Å². The van der Waals surface area contributed by atoms with Crippen LogP contribution in [0.1, 0.15) is 46.0 Å². The molecule has 1 saturated carbocycles. The van der Waals surface area contributed by atoms with E-state index in [4.69, 9.17) is 0 Å². The first-order valence-corrected chi connectivity index (χ1v) is 5.91. The number of hydrogen-bond acceptors (Lipinski definition) is 1. The van der Waals surface area contributed by atoms with Gasteiger partial charge in [0.25, 0.3) is 0 Å². The summed E-state index contributed by atoms with van der Waals surface area (Å²) in [5.41, 5.74) is 3.21. The second-order valence-electron chi connectivity index (χ2n) is 5.53. The van der Waals surface area contributed by atoms with Crippen molar-refractivity contribution in [1.29, 1.82) is 0 Å². The normalized spacial score (nSPS) is 46.0. The van der Waals surface area contributed by atoms with Crippen LogP contribution in [0.4, 0.5) is 0 Å². The summed E-state index contributed by atoms with van der Waals surface area (Å²) >= 11 is 0. The highest BCUT2D eigenvalue weighted by Gasteiger charge is 2.54. The van der Waals surface area contributed by atoms with Gasteiger partial charge in [0, 0.05) is 5.92 Å². The number of rotatable bonds is 0. The summed E-state index contributed by atoms with van der Waals surface area (Å²) in [6.45, 7) is 4.54. The molecule has 0 aromatic rings. The average Bonchev–Trinajstić information content (AvgIpc) is 2.60. The molecular weight excluding hydrogens is 172 g/mol. The van der Waals surface area contributed by atoms with Crippen LogP contribution in [0, 0.1) is 17.3 Å². The molecule has 3 rings (SSSR count). The van der Waals surface area contributed by atoms with Gasteiger partial charge in [-0.15, -0.1) is 0 Å². The summed E-state index contributed by atoms with van der Waals surface area (Å²) in [7, 11) is 0. The molecule has 1 fully saturated rings. The first-order chi connectivity index (χ1) is 6.64. The third-order valence-corrected chi connectivity index (χ3v) is 5.01. The number of ketones is 1. The van der Waals surface area contributed by atoms with Crippen LogP contribution in [0.2, 0.25) is 0 Å². The molecule has 3 atom stereocenters. The summed E-state index contributed by atoms with van der Waals surface area (Å²) in [6, 6.07) is 0. The minimum Gasteiger partial charge on any atom is -0.294 e. The van der Waals surface area contributed by atoms with Crippen molar-refractivity contribution < 1.29 is 4.79 Å². The number of fused-ring (bicyclic) bond motifs is 2. The van der Waals surface area contributed by atoms with Gasteiger partial charge in [-0.1, -0.05) is 19.4 Å². The van der Waals surface area contributed by atoms with E-state index >= 15 is 0 Å². The third kappa shape index (κ3) is 0.796. The quantitative estimate of drug-likeness (QED) is 0.573. The fourth-order valence-electron chi connectivity index (χ4n) is 4.02. The van der Waals surface area contributed by atoms with Gasteiger partial charge in [0.1, 0.15) is 0 Å². The Morgan fingerprint density at radius 3 is 2.79 bits per heavy atom. The lowest BCUT2D eigenvalue weighted by Crippen LogP contribution is -2.48. The molecule has 0 aliphatic heterocycles. The summed E-state index contributed by atoms with van der Waals surface area (Å²) < 4.78 is 0. The lowest BCUT2D eigenvalue weighted by molar-refractivity contribution is -0.126. The molecular formula is C13H18O. The maximum Gasteiger partial charge on any atom is 0.161 e. The molecule has 0 N–H and O–H groups in total. The Balaban J connectivity index is 2.12. The van der Waals surface area contributed by atoms with E-state index in [0.29, 0.717) is 23.0 Å². The standard InChI is InChI=1S/C13H18O/c1-8-10-6-7-13(10,2)11-5-3-4-9(11)12(8)14/h8,10H,3-7H2,1-2H3/t8?,10-,13-/m0/s1. The van der Waals surface area contributed by atoms with Gasteiger partial charge in [-0.2, -0.15) is 0 Å². The molecule has 0 heterocycles. The van der Waals surface area contributed by atoms with Gasteiger partial charge in [0.15, 0.2) is 5.78 Å². The van der Waals surface area contributed by atoms with Crippen molar-refractivity contribution in [3.05, 3.63) is 11.1 Å². The van der Waals surface area contributed by atoms with Gasteiger partial charge in [-0.05, 0) is 49.0 Å². The number of hydrogen-bond donors (Lipinski definition) is 0. The van der Waals surface area contributed by atoms with E-state index in [0.717, 1.165) is 6.42 Å². The highest BCUT2D eigenvalue weighted by Crippen LogP contribution is 2.61. The summed E-state index contributed by atoms with van der Waals surface area (Å²) in [4.78, 5) is 12.1. The smallest absolute Gasteiger partial charge is 0.161 e. The maximum absolute atomic E-state index is 12.1. The fourth-order valence-corrected chi connectivity index (χ4v) is 4.02. The van der Waals surface area contributed by atoms with Crippen molar-refractivity contribution in [2.75, 3.05) is 0 Å². The van der Waals surface area contributed by atoms with E-state index in [-0.39, 0.29) is 0 Å². The van der Waals surface area contributed by atoms with Crippen molar-refractivity contribution in [3.63, 3.8) is 0 Å². The minimum absolute atomic E-state index is 0.311. The van der Waals surface area contributed by atoms with Gasteiger partial charge in [-0.3, -0.25) is 4.79 Å². The zero-order chi connectivity index (χ0) is 9.92. The molecule has 3 aliphatic carbocycles. The highest BCUT2D eigenvalue weighted by atomic mass is 16.1. The largest absolute Gasteiger partial charge is 0.294 e. The van der Waals surface area contributed by atoms with Crippen molar-refractivity contribution in [2.45, 2.75) is 46.0 Å². The molecule has 1 nitrogen and oxygen atoms in total. The highest BCUT2D eigenvalue weighted by molar-refractivity contribution is 6.00. The van der Waals surface area contributed by atoms with E-state index in [9.17, 15) is 4.79 Å². The van der Waals surface area contributed by atoms with Crippen LogP contribution >= 0.6 is 0 Å². The number of carbonyl (C=O) groups is 1. The Bertz CT molecular complexity index is 339. The van der Waals surface area contributed by atoms with Crippen molar-refractivity contribution in [2.24, 2.45) is 17.3 Å². The van der Waals surface area contributed by atoms with Crippen LogP contribution in [0.15, 0.2) is 11.1 Å². The molecule has 76 valence electrons. The van der Waals surface area contributed by atoms with E-state index in [2.05, 4.69) is 13.8 Å². The molecule has 0 radical (unpaired) electrons. The van der Waals surface area contributed by atoms with Crippen LogP contribution in [0.5, 0.6) is 0 Å². The van der Waals surface area contributed by atoms with E-state index < -0.39 is 0 Å². The molecule has 0 saturated heterocycles. The Morgan fingerprint density at radius 1 is 1.36 bits per heavy atom. The lowest BCUT2D eigenvalue weighted by atomic mass is 9.49. The molecule has 0 spiro atoms. The predicted molar refractivity (Wildman–Crippen MR) is 55.9 cm³/mol. The van der Waals surface area contributed by atoms with Crippen molar-refractivity contribution >= 4 is 5.78 Å². The van der Waals surface area contributed by atoms with Crippen LogP contribution in [-0.4, -0.2) is 5.78 Å². The molecule has 0 amide bonds. The lowest BCUT2D eigenvalue weighted by Gasteiger charge is -2.54. The van der Waals surface area contributed by atoms with Gasteiger partial charge >= 0.3 is 0 Å². The van der Waals surface area contributed by atoms with Crippen LogP contribution in [0.3, 0.4) is 0 Å². The fraction of sp³-hybridized carbons (Fsp3) is 0.769. The third-order valence-electron chi connectivity index (χ3n) is 5.01. The number of carbonyl (C=O) groups excluding carboxylic acids is 1. The summed E-state index contributed by atoms with van der Waals surface area (Å²) in [5, 5.41) is 0. The Kier molecular flexibility index (Phi) is 1.55. The summed E-state index contributed by atoms with van der Waals surface area (Å²) in [6.07, 6.45) is 6.11. The van der Waals surface area contributed by atoms with Crippen molar-refractivity contribution in [1.82, 2.24) is 0 Å². The molecule has 1 unspecified atom stereocenters. The van der Waals surface area contributed by atoms with Crippen LogP contribution in [-0.2, 0) is 4.79 Å². The molecule has 0 aromatic heterocycles. The second kappa shape index (κ2) is 2.50.